The minimum absolute atomic E-state index is 0.0564. The lowest BCUT2D eigenvalue weighted by molar-refractivity contribution is -0.148. The van der Waals surface area contributed by atoms with Gasteiger partial charge in [-0.15, -0.1) is 0 Å². The molecule has 4 aliphatic rings. The second-order valence-corrected chi connectivity index (χ2v) is 12.2. The van der Waals surface area contributed by atoms with Crippen LogP contribution in [-0.2, 0) is 21.4 Å². The van der Waals surface area contributed by atoms with E-state index < -0.39 is 0 Å². The highest BCUT2D eigenvalue weighted by molar-refractivity contribution is 5.66. The van der Waals surface area contributed by atoms with Crippen molar-refractivity contribution in [2.24, 2.45) is 23.2 Å². The molecule has 0 unspecified atom stereocenters. The van der Waals surface area contributed by atoms with Crippen LogP contribution in [0.5, 0.6) is 0 Å². The van der Waals surface area contributed by atoms with Gasteiger partial charge in [-0.2, -0.15) is 5.10 Å². The maximum Gasteiger partial charge on any atom is 0.302 e. The number of benzene rings is 1. The van der Waals surface area contributed by atoms with Crippen LogP contribution < -0.4 is 0 Å². The van der Waals surface area contributed by atoms with Crippen LogP contribution >= 0.6 is 0 Å². The standard InChI is InChI=1S/C31H35N3O2/c1-19(35)36-23-11-13-30(2)22(16-23)9-10-24-25(30)12-14-31(3)26(24)15-21-18-32-28-17-27(33-34(28)29(21)31)20-7-5-4-6-8-20/h4-9,17-18,23-26H,10-16H2,1-3H3/t23-,24+,25-,26-,30-,31-/m0/s1. The number of esters is 1. The Morgan fingerprint density at radius 1 is 1.06 bits per heavy atom. The summed E-state index contributed by atoms with van der Waals surface area (Å²) in [6.45, 7) is 6.54. The Labute approximate surface area is 213 Å². The van der Waals surface area contributed by atoms with Gasteiger partial charge in [-0.1, -0.05) is 55.8 Å². The van der Waals surface area contributed by atoms with Gasteiger partial charge in [0.1, 0.15) is 6.10 Å². The molecular formula is C31H35N3O2. The Bertz CT molecular complexity index is 1390. The largest absolute Gasteiger partial charge is 0.462 e. The second kappa shape index (κ2) is 7.77. The molecule has 2 fully saturated rings. The molecule has 7 rings (SSSR count). The lowest BCUT2D eigenvalue weighted by Gasteiger charge is -2.57. The van der Waals surface area contributed by atoms with Gasteiger partial charge < -0.3 is 4.74 Å². The number of carbonyl (C=O) groups is 1. The Morgan fingerprint density at radius 2 is 1.86 bits per heavy atom. The van der Waals surface area contributed by atoms with E-state index in [9.17, 15) is 4.79 Å². The van der Waals surface area contributed by atoms with E-state index in [2.05, 4.69) is 61.0 Å². The van der Waals surface area contributed by atoms with Crippen molar-refractivity contribution in [2.45, 2.75) is 77.2 Å². The topological polar surface area (TPSA) is 56.5 Å². The van der Waals surface area contributed by atoms with Crippen molar-refractivity contribution in [3.05, 3.63) is 65.5 Å². The number of ether oxygens (including phenoxy) is 1. The summed E-state index contributed by atoms with van der Waals surface area (Å²) in [5, 5.41) is 5.11. The maximum atomic E-state index is 11.6. The van der Waals surface area contributed by atoms with E-state index in [0.717, 1.165) is 49.0 Å². The zero-order chi connectivity index (χ0) is 24.7. The summed E-state index contributed by atoms with van der Waals surface area (Å²) >= 11 is 0. The van der Waals surface area contributed by atoms with Crippen molar-refractivity contribution in [1.29, 1.82) is 0 Å². The Hall–Kier alpha value is -2.95. The smallest absolute Gasteiger partial charge is 0.302 e. The molecule has 2 aromatic heterocycles. The van der Waals surface area contributed by atoms with Gasteiger partial charge in [0.05, 0.1) is 11.4 Å². The summed E-state index contributed by atoms with van der Waals surface area (Å²) in [7, 11) is 0. The summed E-state index contributed by atoms with van der Waals surface area (Å²) in [6.07, 6.45) is 12.4. The summed E-state index contributed by atoms with van der Waals surface area (Å²) in [5.41, 5.74) is 7.78. The fourth-order valence-corrected chi connectivity index (χ4v) is 8.67. The average Bonchev–Trinajstić information content (AvgIpc) is 3.43. The van der Waals surface area contributed by atoms with E-state index in [-0.39, 0.29) is 22.9 Å². The zero-order valence-corrected chi connectivity index (χ0v) is 21.5. The summed E-state index contributed by atoms with van der Waals surface area (Å²) in [5.74, 6) is 1.84. The van der Waals surface area contributed by atoms with Crippen molar-refractivity contribution in [3.8, 4) is 11.3 Å². The van der Waals surface area contributed by atoms with Gasteiger partial charge in [0.25, 0.3) is 0 Å². The van der Waals surface area contributed by atoms with Crippen molar-refractivity contribution in [3.63, 3.8) is 0 Å². The first-order valence-corrected chi connectivity index (χ1v) is 13.7. The molecule has 4 aliphatic carbocycles. The number of aromatic nitrogens is 3. The van der Waals surface area contributed by atoms with E-state index >= 15 is 0 Å². The maximum absolute atomic E-state index is 11.6. The van der Waals surface area contributed by atoms with Crippen LogP contribution in [0.3, 0.4) is 0 Å². The first kappa shape index (κ1) is 22.3. The third kappa shape index (κ3) is 3.10. The summed E-state index contributed by atoms with van der Waals surface area (Å²) < 4.78 is 7.80. The number of carbonyl (C=O) groups excluding carboxylic acids is 1. The SMILES string of the molecule is CC(=O)O[C@H]1CC[C@@]2(C)C(=CC[C@@H]3[C@@H]2CC[C@]2(C)c4c(cnc5cc(-c6ccccc6)nn45)C[C@@H]32)C1. The van der Waals surface area contributed by atoms with Crippen LogP contribution in [0.15, 0.2) is 54.2 Å². The molecule has 36 heavy (non-hydrogen) atoms. The number of nitrogens with zero attached hydrogens (tertiary/aromatic N) is 3. The summed E-state index contributed by atoms with van der Waals surface area (Å²) in [6, 6.07) is 12.6. The first-order valence-electron chi connectivity index (χ1n) is 13.7. The van der Waals surface area contributed by atoms with Crippen LogP contribution in [0, 0.1) is 23.2 Å². The monoisotopic (exact) mass is 481 g/mol. The van der Waals surface area contributed by atoms with Crippen molar-refractivity contribution in [2.75, 3.05) is 0 Å². The predicted molar refractivity (Wildman–Crippen MR) is 139 cm³/mol. The van der Waals surface area contributed by atoms with Crippen LogP contribution in [-0.4, -0.2) is 26.7 Å². The van der Waals surface area contributed by atoms with Crippen molar-refractivity contribution in [1.82, 2.24) is 14.6 Å². The molecule has 1 aromatic carbocycles. The van der Waals surface area contributed by atoms with Gasteiger partial charge in [-0.05, 0) is 67.3 Å². The quantitative estimate of drug-likeness (QED) is 0.318. The fraction of sp³-hybridized carbons (Fsp3) is 0.516. The van der Waals surface area contributed by atoms with Gasteiger partial charge in [-0.3, -0.25) is 4.79 Å². The molecule has 5 heteroatoms. The minimum atomic E-state index is -0.149. The number of rotatable bonds is 2. The van der Waals surface area contributed by atoms with E-state index in [1.165, 1.54) is 31.0 Å². The Balaban J connectivity index is 1.24. The Morgan fingerprint density at radius 3 is 2.67 bits per heavy atom. The van der Waals surface area contributed by atoms with Gasteiger partial charge >= 0.3 is 5.97 Å². The number of hydrogen-bond donors (Lipinski definition) is 0. The molecule has 0 saturated heterocycles. The molecule has 0 amide bonds. The highest BCUT2D eigenvalue weighted by atomic mass is 16.5. The second-order valence-electron chi connectivity index (χ2n) is 12.2. The van der Waals surface area contributed by atoms with Crippen molar-refractivity contribution >= 4 is 11.6 Å². The van der Waals surface area contributed by atoms with E-state index in [1.807, 2.05) is 6.07 Å². The van der Waals surface area contributed by atoms with Crippen molar-refractivity contribution < 1.29 is 9.53 Å². The fourth-order valence-electron chi connectivity index (χ4n) is 8.67. The zero-order valence-electron chi connectivity index (χ0n) is 21.5. The first-order chi connectivity index (χ1) is 17.4. The lowest BCUT2D eigenvalue weighted by Crippen LogP contribution is -2.51. The number of allylic oxidation sites excluding steroid dienone is 1. The number of hydrogen-bond acceptors (Lipinski definition) is 4. The van der Waals surface area contributed by atoms with Crippen LogP contribution in [0.25, 0.3) is 16.9 Å². The van der Waals surface area contributed by atoms with Gasteiger partial charge in [0.15, 0.2) is 5.65 Å². The third-order valence-corrected chi connectivity index (χ3v) is 10.4. The summed E-state index contributed by atoms with van der Waals surface area (Å²) in [4.78, 5) is 16.4. The molecule has 0 radical (unpaired) electrons. The Kier molecular flexibility index (Phi) is 4.81. The molecule has 0 bridgehead atoms. The normalized spacial score (nSPS) is 34.8. The van der Waals surface area contributed by atoms with Gasteiger partial charge in [0, 0.05) is 36.6 Å². The predicted octanol–water partition coefficient (Wildman–Crippen LogP) is 6.30. The minimum Gasteiger partial charge on any atom is -0.462 e. The number of fused-ring (bicyclic) bond motifs is 9. The van der Waals surface area contributed by atoms with Gasteiger partial charge in [0.2, 0.25) is 0 Å². The van der Waals surface area contributed by atoms with Crippen LogP contribution in [0.4, 0.5) is 0 Å². The molecule has 5 nitrogen and oxygen atoms in total. The average molecular weight is 482 g/mol. The highest BCUT2D eigenvalue weighted by Gasteiger charge is 2.58. The molecule has 0 aliphatic heterocycles. The van der Waals surface area contributed by atoms with Crippen LogP contribution in [0.1, 0.15) is 70.6 Å². The molecule has 2 heterocycles. The van der Waals surface area contributed by atoms with Crippen LogP contribution in [0.2, 0.25) is 0 Å². The molecule has 2 saturated carbocycles. The molecule has 0 spiro atoms. The van der Waals surface area contributed by atoms with E-state index in [0.29, 0.717) is 17.8 Å². The van der Waals surface area contributed by atoms with E-state index in [1.54, 1.807) is 5.57 Å². The molecule has 6 atom stereocenters. The van der Waals surface area contributed by atoms with Gasteiger partial charge in [-0.25, -0.2) is 9.50 Å². The third-order valence-electron chi connectivity index (χ3n) is 10.4. The highest BCUT2D eigenvalue weighted by Crippen LogP contribution is 2.64. The molecule has 3 aromatic rings. The van der Waals surface area contributed by atoms with E-state index in [4.69, 9.17) is 14.8 Å². The molecular weight excluding hydrogens is 446 g/mol. The lowest BCUT2D eigenvalue weighted by atomic mass is 9.48. The molecule has 186 valence electrons. The molecule has 0 N–H and O–H groups in total.